The van der Waals surface area contributed by atoms with Gasteiger partial charge in [0.1, 0.15) is 11.4 Å². The largest absolute Gasteiger partial charge is 1.00 e. The van der Waals surface area contributed by atoms with Gasteiger partial charge in [-0.25, -0.2) is 0 Å². The predicted octanol–water partition coefficient (Wildman–Crippen LogP) is 0.312. The van der Waals surface area contributed by atoms with Crippen molar-refractivity contribution in [1.82, 2.24) is 4.98 Å². The van der Waals surface area contributed by atoms with E-state index in [1.54, 1.807) is 7.11 Å². The van der Waals surface area contributed by atoms with Crippen LogP contribution in [0.4, 0.5) is 5.69 Å². The number of ether oxygens (including phenoxy) is 1. The molecule has 0 bridgehead atoms. The fourth-order valence-corrected chi connectivity index (χ4v) is 3.03. The summed E-state index contributed by atoms with van der Waals surface area (Å²) in [5.41, 5.74) is 3.56. The first-order valence-corrected chi connectivity index (χ1v) is 7.12. The number of hydrogen-bond acceptors (Lipinski definition) is 1. The van der Waals surface area contributed by atoms with Gasteiger partial charge in [0.25, 0.3) is 0 Å². The fourth-order valence-electron chi connectivity index (χ4n) is 3.03. The molecule has 0 aliphatic carbocycles. The first-order valence-electron chi connectivity index (χ1n) is 7.12. The van der Waals surface area contributed by atoms with Crippen molar-refractivity contribution in [2.45, 2.75) is 0 Å². The summed E-state index contributed by atoms with van der Waals surface area (Å²) < 4.78 is 5.37. The fraction of sp³-hybridized carbons (Fsp3) is 0.111. The number of aromatic amines is 1. The van der Waals surface area contributed by atoms with Crippen LogP contribution in [-0.4, -0.2) is 19.1 Å². The molecule has 3 nitrogen and oxygen atoms in total. The van der Waals surface area contributed by atoms with Gasteiger partial charge in [0.15, 0.2) is 0 Å². The third kappa shape index (κ3) is 2.23. The first-order chi connectivity index (χ1) is 10.3. The molecule has 0 amide bonds. The van der Waals surface area contributed by atoms with Crippen molar-refractivity contribution in [2.24, 2.45) is 0 Å². The Morgan fingerprint density at radius 1 is 0.909 bits per heavy atom. The summed E-state index contributed by atoms with van der Waals surface area (Å²) >= 11 is 0. The molecule has 0 spiro atoms. The summed E-state index contributed by atoms with van der Waals surface area (Å²) in [7, 11) is 3.77. The summed E-state index contributed by atoms with van der Waals surface area (Å²) in [5, 5.41) is 7.15. The zero-order valence-corrected chi connectivity index (χ0v) is 14.6. The number of nitrogens with one attached hydrogen (secondary N) is 1. The van der Waals surface area contributed by atoms with Gasteiger partial charge in [0, 0.05) is 27.9 Å². The smallest absolute Gasteiger partial charge is 0.129 e. The van der Waals surface area contributed by atoms with E-state index in [9.17, 15) is 0 Å². The molecule has 0 aliphatic rings. The zero-order valence-electron chi connectivity index (χ0n) is 12.5. The van der Waals surface area contributed by atoms with E-state index in [1.807, 2.05) is 6.07 Å². The monoisotopic (exact) mass is 404 g/mol. The van der Waals surface area contributed by atoms with Crippen molar-refractivity contribution in [3.05, 3.63) is 48.5 Å². The quantitative estimate of drug-likeness (QED) is 0.367. The van der Waals surface area contributed by atoms with Gasteiger partial charge in [-0.3, -0.25) is 0 Å². The van der Waals surface area contributed by atoms with Crippen LogP contribution in [0.1, 0.15) is 0 Å². The summed E-state index contributed by atoms with van der Waals surface area (Å²) in [6.07, 6.45) is 0. The molecule has 1 aromatic heterocycles. The molecule has 22 heavy (non-hydrogen) atoms. The summed E-state index contributed by atoms with van der Waals surface area (Å²) in [6.45, 7) is 0. The van der Waals surface area contributed by atoms with Crippen LogP contribution in [0.2, 0.25) is 0 Å². The highest BCUT2D eigenvalue weighted by atomic mass is 127. The number of aromatic nitrogens is 1. The predicted molar refractivity (Wildman–Crippen MR) is 87.4 cm³/mol. The van der Waals surface area contributed by atoms with Gasteiger partial charge in [0.05, 0.1) is 14.2 Å². The van der Waals surface area contributed by atoms with Crippen LogP contribution >= 0.6 is 0 Å². The molecule has 0 fully saturated rings. The number of quaternary nitrogens is 1. The van der Waals surface area contributed by atoms with Crippen LogP contribution in [-0.2, 0) is 0 Å². The van der Waals surface area contributed by atoms with Gasteiger partial charge >= 0.3 is 0 Å². The number of rotatable bonds is 2. The van der Waals surface area contributed by atoms with E-state index in [0.29, 0.717) is 0 Å². The van der Waals surface area contributed by atoms with Crippen LogP contribution in [0, 0.1) is 0 Å². The Kier molecular flexibility index (Phi) is 3.97. The first kappa shape index (κ1) is 15.1. The lowest BCUT2D eigenvalue weighted by Gasteiger charge is -2.03. The van der Waals surface area contributed by atoms with E-state index in [2.05, 4.69) is 59.8 Å². The SMILES string of the molecule is C[NH2+]c1ccc2c(ccc3[nH]c4ccc(OC)cc4c32)c1.[I-]. The molecule has 0 unspecified atom stereocenters. The summed E-state index contributed by atoms with van der Waals surface area (Å²) in [5.74, 6) is 0.888. The average molecular weight is 404 g/mol. The molecule has 0 radical (unpaired) electrons. The van der Waals surface area contributed by atoms with Crippen molar-refractivity contribution < 1.29 is 34.0 Å². The highest BCUT2D eigenvalue weighted by Gasteiger charge is 2.10. The van der Waals surface area contributed by atoms with Crippen LogP contribution in [0.3, 0.4) is 0 Å². The van der Waals surface area contributed by atoms with Crippen LogP contribution < -0.4 is 34.0 Å². The molecular formula is C18H17IN2O. The Morgan fingerprint density at radius 2 is 1.73 bits per heavy atom. The zero-order chi connectivity index (χ0) is 14.4. The molecule has 3 aromatic carbocycles. The highest BCUT2D eigenvalue weighted by Crippen LogP contribution is 2.34. The normalized spacial score (nSPS) is 11.0. The lowest BCUT2D eigenvalue weighted by atomic mass is 10.0. The van der Waals surface area contributed by atoms with Gasteiger partial charge in [-0.15, -0.1) is 0 Å². The Balaban J connectivity index is 0.00000144. The molecule has 1 heterocycles. The lowest BCUT2D eigenvalue weighted by molar-refractivity contribution is -0.539. The Bertz CT molecular complexity index is 975. The Morgan fingerprint density at radius 3 is 2.50 bits per heavy atom. The van der Waals surface area contributed by atoms with E-state index in [-0.39, 0.29) is 24.0 Å². The number of fused-ring (bicyclic) bond motifs is 5. The van der Waals surface area contributed by atoms with Crippen LogP contribution in [0.15, 0.2) is 48.5 Å². The highest BCUT2D eigenvalue weighted by molar-refractivity contribution is 6.20. The van der Waals surface area contributed by atoms with Gasteiger partial charge in [-0.2, -0.15) is 0 Å². The number of benzene rings is 3. The second-order valence-corrected chi connectivity index (χ2v) is 5.29. The third-order valence-electron chi connectivity index (χ3n) is 4.14. The van der Waals surface area contributed by atoms with Crippen molar-refractivity contribution in [2.75, 3.05) is 14.2 Å². The Labute approximate surface area is 145 Å². The van der Waals surface area contributed by atoms with Crippen molar-refractivity contribution in [3.63, 3.8) is 0 Å². The molecule has 0 aliphatic heterocycles. The minimum Gasteiger partial charge on any atom is -1.00 e. The Hall–Kier alpha value is -1.79. The number of hydrogen-bond donors (Lipinski definition) is 2. The molecular weight excluding hydrogens is 387 g/mol. The van der Waals surface area contributed by atoms with Gasteiger partial charge in [-0.1, -0.05) is 6.07 Å². The molecule has 3 N–H and O–H groups in total. The maximum Gasteiger partial charge on any atom is 0.129 e. The molecule has 4 rings (SSSR count). The van der Waals surface area contributed by atoms with Gasteiger partial charge < -0.3 is 39.0 Å². The van der Waals surface area contributed by atoms with Crippen molar-refractivity contribution >= 4 is 38.3 Å². The van der Waals surface area contributed by atoms with E-state index in [4.69, 9.17) is 4.74 Å². The molecule has 4 heteroatoms. The van der Waals surface area contributed by atoms with Gasteiger partial charge in [-0.05, 0) is 47.2 Å². The number of H-pyrrole nitrogens is 1. The number of halogens is 1. The summed E-state index contributed by atoms with van der Waals surface area (Å²) in [6, 6.07) is 17.1. The van der Waals surface area contributed by atoms with Crippen LogP contribution in [0.25, 0.3) is 32.6 Å². The standard InChI is InChI=1S/C18H16N2O.HI/c1-19-12-4-6-14-11(9-12)3-7-17-18(14)15-10-13(21-2)5-8-16(15)20-17;/h3-10,19-20H,1-2H3;1H. The maximum absolute atomic E-state index is 5.37. The summed E-state index contributed by atoms with van der Waals surface area (Å²) in [4.78, 5) is 3.49. The molecule has 4 aromatic rings. The second kappa shape index (κ2) is 5.78. The van der Waals surface area contributed by atoms with E-state index in [1.165, 1.54) is 32.7 Å². The average Bonchev–Trinajstić information content (AvgIpc) is 2.92. The van der Waals surface area contributed by atoms with Gasteiger partial charge in [0.2, 0.25) is 0 Å². The minimum atomic E-state index is 0. The van der Waals surface area contributed by atoms with E-state index < -0.39 is 0 Å². The molecule has 112 valence electrons. The van der Waals surface area contributed by atoms with E-state index >= 15 is 0 Å². The minimum absolute atomic E-state index is 0. The number of methoxy groups -OCH3 is 1. The number of nitrogens with two attached hydrogens (primary N) is 1. The lowest BCUT2D eigenvalue weighted by Crippen LogP contribution is -3.00. The third-order valence-corrected chi connectivity index (χ3v) is 4.14. The van der Waals surface area contributed by atoms with Crippen molar-refractivity contribution in [1.29, 1.82) is 0 Å². The molecule has 0 saturated heterocycles. The maximum atomic E-state index is 5.37. The second-order valence-electron chi connectivity index (χ2n) is 5.29. The van der Waals surface area contributed by atoms with Crippen LogP contribution in [0.5, 0.6) is 5.75 Å². The van der Waals surface area contributed by atoms with Crippen molar-refractivity contribution in [3.8, 4) is 5.75 Å². The molecule has 0 saturated carbocycles. The topological polar surface area (TPSA) is 41.6 Å². The van der Waals surface area contributed by atoms with E-state index in [0.717, 1.165) is 11.3 Å². The molecule has 0 atom stereocenters.